The smallest absolute Gasteiger partial charge is 0.405 e. The molecule has 41 heavy (non-hydrogen) atoms. The van der Waals surface area contributed by atoms with Crippen LogP contribution in [0.4, 0.5) is 17.1 Å². The number of hydrogen-bond acceptors (Lipinski definition) is 7. The van der Waals surface area contributed by atoms with E-state index in [4.69, 9.17) is 0 Å². The van der Waals surface area contributed by atoms with Gasteiger partial charge in [-0.15, -0.1) is 13.2 Å². The zero-order valence-corrected chi connectivity index (χ0v) is 21.6. The lowest BCUT2D eigenvalue weighted by atomic mass is 10.0. The lowest BCUT2D eigenvalue weighted by Crippen LogP contribution is -2.19. The van der Waals surface area contributed by atoms with E-state index in [0.717, 1.165) is 50.2 Å². The number of pyridine rings is 2. The van der Waals surface area contributed by atoms with Gasteiger partial charge in [0.25, 0.3) is 0 Å². The minimum absolute atomic E-state index is 0.0376. The number of aromatic nitrogens is 3. The molecule has 210 valence electrons. The van der Waals surface area contributed by atoms with E-state index in [1.165, 1.54) is 6.07 Å². The van der Waals surface area contributed by atoms with Crippen LogP contribution in [0.5, 0.6) is 11.5 Å². The summed E-state index contributed by atoms with van der Waals surface area (Å²) in [5, 5.41) is 10.1. The molecule has 0 atom stereocenters. The fourth-order valence-electron chi connectivity index (χ4n) is 5.57. The maximum atomic E-state index is 13.9. The summed E-state index contributed by atoms with van der Waals surface area (Å²) in [5.74, 6) is -1.32. The number of ether oxygens (including phenoxy) is 1. The van der Waals surface area contributed by atoms with Gasteiger partial charge >= 0.3 is 16.9 Å². The molecule has 0 radical (unpaired) electrons. The van der Waals surface area contributed by atoms with Crippen molar-refractivity contribution in [1.29, 1.82) is 5.26 Å². The minimum Gasteiger partial charge on any atom is -0.405 e. The molecule has 1 fully saturated rings. The number of rotatable bonds is 5. The molecule has 0 bridgehead atoms. The number of hydrogen-bond donors (Lipinski definition) is 1. The highest BCUT2D eigenvalue weighted by Crippen LogP contribution is 2.41. The second-order valence-corrected chi connectivity index (χ2v) is 10.6. The van der Waals surface area contributed by atoms with Crippen molar-refractivity contribution in [2.24, 2.45) is 0 Å². The molecule has 2 aromatic carbocycles. The first-order valence-electron chi connectivity index (χ1n) is 12.3. The summed E-state index contributed by atoms with van der Waals surface area (Å²) >= 11 is 0. The van der Waals surface area contributed by atoms with E-state index in [9.17, 15) is 35.5 Å². The van der Waals surface area contributed by atoms with E-state index in [1.54, 1.807) is 18.2 Å². The van der Waals surface area contributed by atoms with Crippen molar-refractivity contribution in [3.05, 3.63) is 64.6 Å². The summed E-state index contributed by atoms with van der Waals surface area (Å²) in [6.07, 6.45) is 0.177. The van der Waals surface area contributed by atoms with Gasteiger partial charge in [0.15, 0.2) is 11.2 Å². The summed E-state index contributed by atoms with van der Waals surface area (Å²) < 4.78 is 86.2. The molecule has 0 aliphatic heterocycles. The molecule has 0 spiro atoms. The van der Waals surface area contributed by atoms with Crippen molar-refractivity contribution in [2.75, 3.05) is 0 Å². The Labute approximate surface area is 229 Å². The quantitative estimate of drug-likeness (QED) is 0.193. The molecule has 1 aliphatic carbocycles. The zero-order valence-electron chi connectivity index (χ0n) is 20.8. The minimum atomic E-state index is -5.44. The summed E-state index contributed by atoms with van der Waals surface area (Å²) in [6, 6.07) is 10.1. The Kier molecular flexibility index (Phi) is 6.14. The average Bonchev–Trinajstić information content (AvgIpc) is 3.55. The van der Waals surface area contributed by atoms with Crippen molar-refractivity contribution in [1.82, 2.24) is 14.5 Å². The van der Waals surface area contributed by atoms with Gasteiger partial charge in [-0.1, -0.05) is 22.8 Å². The molecule has 0 saturated heterocycles. The number of aromatic amines is 1. The Morgan fingerprint density at radius 1 is 1.07 bits per heavy atom. The fraction of sp³-hybridized carbons (Fsp3) is 0.222. The topological polar surface area (TPSA) is 127 Å². The van der Waals surface area contributed by atoms with Gasteiger partial charge in [0.05, 0.1) is 34.1 Å². The van der Waals surface area contributed by atoms with E-state index in [-0.39, 0.29) is 27.9 Å². The number of H-pyrrole nitrogens is 1. The standard InChI is InChI=1S/C27H18F4N4O5S/c28-27(29,30)39-23-10-20-22(9-19(23)15-8-17(13-33-12-15)40-41(31,37)38)35(16-3-1-2-4-16)26-24(25(20)36)18-6-5-14(11-32)7-21(18)34-26/h5-10,12-13,16,34H,1-4H2. The molecule has 0 unspecified atom stereocenters. The highest BCUT2D eigenvalue weighted by molar-refractivity contribution is 7.81. The van der Waals surface area contributed by atoms with Crippen LogP contribution in [0.3, 0.4) is 0 Å². The third kappa shape index (κ3) is 4.93. The van der Waals surface area contributed by atoms with E-state index in [0.29, 0.717) is 27.6 Å². The van der Waals surface area contributed by atoms with Gasteiger partial charge in [-0.2, -0.15) is 13.7 Å². The highest BCUT2D eigenvalue weighted by Gasteiger charge is 2.33. The van der Waals surface area contributed by atoms with Gasteiger partial charge in [-0.25, -0.2) is 0 Å². The molecule has 3 aromatic heterocycles. The molecular formula is C27H18F4N4O5S. The number of benzene rings is 2. The summed E-state index contributed by atoms with van der Waals surface area (Å²) in [7, 11) is -5.44. The molecule has 14 heteroatoms. The van der Waals surface area contributed by atoms with Crippen LogP contribution in [-0.4, -0.2) is 29.3 Å². The van der Waals surface area contributed by atoms with Crippen molar-refractivity contribution in [3.63, 3.8) is 0 Å². The largest absolute Gasteiger partial charge is 0.573 e. The summed E-state index contributed by atoms with van der Waals surface area (Å²) in [5.41, 5.74) is 0.834. The van der Waals surface area contributed by atoms with Gasteiger partial charge in [-0.05, 0) is 43.2 Å². The van der Waals surface area contributed by atoms with Crippen LogP contribution in [-0.2, 0) is 10.5 Å². The Balaban J connectivity index is 1.72. The summed E-state index contributed by atoms with van der Waals surface area (Å²) in [6.45, 7) is 0. The third-order valence-electron chi connectivity index (χ3n) is 7.11. The average molecular weight is 587 g/mol. The molecule has 1 N–H and O–H groups in total. The van der Waals surface area contributed by atoms with Crippen LogP contribution in [0.2, 0.25) is 0 Å². The van der Waals surface area contributed by atoms with Gasteiger partial charge in [0.2, 0.25) is 0 Å². The van der Waals surface area contributed by atoms with Crippen LogP contribution in [0.15, 0.2) is 53.6 Å². The van der Waals surface area contributed by atoms with Crippen LogP contribution in [0.25, 0.3) is 44.0 Å². The van der Waals surface area contributed by atoms with Gasteiger partial charge in [0.1, 0.15) is 11.4 Å². The van der Waals surface area contributed by atoms with Crippen LogP contribution in [0, 0.1) is 11.3 Å². The second-order valence-electron chi connectivity index (χ2n) is 9.66. The zero-order chi connectivity index (χ0) is 29.1. The van der Waals surface area contributed by atoms with Crippen molar-refractivity contribution < 1.29 is 34.4 Å². The number of nitrogens with zero attached hydrogens (tertiary/aromatic N) is 3. The van der Waals surface area contributed by atoms with E-state index in [1.807, 2.05) is 10.6 Å². The van der Waals surface area contributed by atoms with Crippen LogP contribution < -0.4 is 14.3 Å². The molecule has 3 heterocycles. The normalized spacial score (nSPS) is 14.6. The molecular weight excluding hydrogens is 568 g/mol. The fourth-order valence-corrected chi connectivity index (χ4v) is 5.89. The molecule has 1 saturated carbocycles. The monoisotopic (exact) mass is 586 g/mol. The van der Waals surface area contributed by atoms with Gasteiger partial charge in [-0.3, -0.25) is 9.78 Å². The maximum Gasteiger partial charge on any atom is 0.573 e. The molecule has 9 nitrogen and oxygen atoms in total. The van der Waals surface area contributed by atoms with Crippen molar-refractivity contribution in [3.8, 4) is 28.7 Å². The lowest BCUT2D eigenvalue weighted by molar-refractivity contribution is -0.274. The van der Waals surface area contributed by atoms with E-state index in [2.05, 4.69) is 18.9 Å². The third-order valence-corrected chi connectivity index (χ3v) is 7.50. The van der Waals surface area contributed by atoms with Crippen molar-refractivity contribution >= 4 is 43.3 Å². The first-order chi connectivity index (χ1) is 19.4. The molecule has 1 aliphatic rings. The summed E-state index contributed by atoms with van der Waals surface area (Å²) in [4.78, 5) is 20.9. The molecule has 5 aromatic rings. The Bertz CT molecular complexity index is 2070. The van der Waals surface area contributed by atoms with Gasteiger partial charge in [0, 0.05) is 34.3 Å². The van der Waals surface area contributed by atoms with Crippen LogP contribution in [0.1, 0.15) is 37.3 Å². The van der Waals surface area contributed by atoms with E-state index < -0.39 is 33.8 Å². The Morgan fingerprint density at radius 2 is 1.83 bits per heavy atom. The first-order valence-corrected chi connectivity index (χ1v) is 13.7. The Morgan fingerprint density at radius 3 is 2.51 bits per heavy atom. The van der Waals surface area contributed by atoms with Crippen molar-refractivity contribution in [2.45, 2.75) is 38.1 Å². The lowest BCUT2D eigenvalue weighted by Gasteiger charge is -2.22. The maximum absolute atomic E-state index is 13.9. The number of halogens is 4. The van der Waals surface area contributed by atoms with Crippen LogP contribution >= 0.6 is 0 Å². The molecule has 6 rings (SSSR count). The number of alkyl halides is 3. The Hall–Kier alpha value is -4.64. The number of nitrogens with one attached hydrogen (secondary N) is 1. The number of fused-ring (bicyclic) bond motifs is 4. The predicted molar refractivity (Wildman–Crippen MR) is 140 cm³/mol. The highest BCUT2D eigenvalue weighted by atomic mass is 32.3. The second kappa shape index (κ2) is 9.48. The SMILES string of the molecule is N#Cc1ccc2c(c1)[nH]c1c2c(=O)c2cc(OC(F)(F)F)c(-c3cncc(OS(=O)(=O)F)c3)cc2n1C1CCCC1. The molecule has 0 amide bonds. The van der Waals surface area contributed by atoms with Gasteiger partial charge < -0.3 is 18.5 Å². The predicted octanol–water partition coefficient (Wildman–Crippen LogP) is 6.18. The first kappa shape index (κ1) is 26.6. The van der Waals surface area contributed by atoms with E-state index >= 15 is 0 Å². The number of nitriles is 1.